The molecule has 66 valence electrons. The van der Waals surface area contributed by atoms with E-state index in [2.05, 4.69) is 6.92 Å². The maximum atomic E-state index is 11.1. The van der Waals surface area contributed by atoms with Crippen LogP contribution in [0.15, 0.2) is 0 Å². The zero-order chi connectivity index (χ0) is 8.74. The van der Waals surface area contributed by atoms with Crippen LogP contribution in [-0.4, -0.2) is 0 Å². The van der Waals surface area contributed by atoms with Gasteiger partial charge in [0.2, 0.25) is 0 Å². The van der Waals surface area contributed by atoms with Crippen molar-refractivity contribution < 1.29 is 23.2 Å². The van der Waals surface area contributed by atoms with Crippen molar-refractivity contribution in [2.75, 3.05) is 0 Å². The number of hydrogen-bond donors (Lipinski definition) is 0. The zero-order valence-corrected chi connectivity index (χ0v) is 9.12. The van der Waals surface area contributed by atoms with Crippen molar-refractivity contribution in [3.05, 3.63) is 0 Å². The van der Waals surface area contributed by atoms with Crippen molar-refractivity contribution in [2.45, 2.75) is 49.0 Å². The van der Waals surface area contributed by atoms with Gasteiger partial charge >= 0.3 is 72.2 Å². The third kappa shape index (κ3) is 6.70. The first-order valence-corrected chi connectivity index (χ1v) is 8.01. The molecule has 0 radical (unpaired) electrons. The van der Waals surface area contributed by atoms with Gasteiger partial charge in [0.15, 0.2) is 0 Å². The summed E-state index contributed by atoms with van der Waals surface area (Å²) in [5.74, 6) is 0. The monoisotopic (exact) mass is 194 g/mol. The molecule has 0 rings (SSSR count). The van der Waals surface area contributed by atoms with Crippen LogP contribution in [-0.2, 0) is 23.2 Å². The Morgan fingerprint density at radius 2 is 1.64 bits per heavy atom. The summed E-state index contributed by atoms with van der Waals surface area (Å²) < 4.78 is 23.0. The van der Waals surface area contributed by atoms with E-state index >= 15 is 0 Å². The van der Waals surface area contributed by atoms with E-state index in [9.17, 15) is 6.65 Å². The van der Waals surface area contributed by atoms with Crippen molar-refractivity contribution in [1.29, 1.82) is 0 Å². The van der Waals surface area contributed by atoms with Crippen LogP contribution >= 0.6 is 0 Å². The fourth-order valence-corrected chi connectivity index (χ4v) is 2.78. The van der Waals surface area contributed by atoms with E-state index in [-0.39, 0.29) is 0 Å². The Morgan fingerprint density at radius 3 is 2.09 bits per heavy atom. The van der Waals surface area contributed by atoms with Crippen molar-refractivity contribution in [1.82, 2.24) is 0 Å². The number of rotatable bonds is 6. The topological polar surface area (TPSA) is 34.1 Å². The summed E-state index contributed by atoms with van der Waals surface area (Å²) in [6, 6.07) is 0. The van der Waals surface area contributed by atoms with Crippen LogP contribution in [0.25, 0.3) is 0 Å². The number of unbranched alkanes of at least 4 members (excludes halogenated alkanes) is 3. The Labute approximate surface area is 72.4 Å². The van der Waals surface area contributed by atoms with Crippen LogP contribution in [0.2, 0.25) is 9.45 Å². The quantitative estimate of drug-likeness (QED) is 0.480. The zero-order valence-electron chi connectivity index (χ0n) is 7.56. The van der Waals surface area contributed by atoms with Gasteiger partial charge in [-0.25, -0.2) is 0 Å². The van der Waals surface area contributed by atoms with Crippen molar-refractivity contribution in [3.63, 3.8) is 0 Å². The molecule has 0 saturated heterocycles. The minimum absolute atomic E-state index is 0.395. The van der Waals surface area contributed by atoms with Crippen molar-refractivity contribution in [3.8, 4) is 0 Å². The Balaban J connectivity index is 3.39. The molecule has 0 unspecified atom stereocenters. The molecule has 3 heteroatoms. The summed E-state index contributed by atoms with van der Waals surface area (Å²) >= 11 is -3.69. The molecule has 0 spiro atoms. The standard InChI is InChI=1S/C6H13.C2H5.2O.Ti/c1-3-5-6-4-2;1-2;;;/h1,3-6H2,2H3;1H2,2H3;;;. The van der Waals surface area contributed by atoms with Gasteiger partial charge in [-0.3, -0.25) is 0 Å². The molecule has 0 aromatic rings. The molecule has 11 heavy (non-hydrogen) atoms. The Morgan fingerprint density at radius 1 is 1.00 bits per heavy atom. The van der Waals surface area contributed by atoms with E-state index in [0.717, 1.165) is 12.8 Å². The van der Waals surface area contributed by atoms with Crippen LogP contribution in [0.4, 0.5) is 0 Å². The second kappa shape index (κ2) is 5.90. The molecule has 0 aliphatic heterocycles. The second-order valence-electron chi connectivity index (χ2n) is 3.07. The Kier molecular flexibility index (Phi) is 6.07. The van der Waals surface area contributed by atoms with Gasteiger partial charge in [0.1, 0.15) is 0 Å². The van der Waals surface area contributed by atoms with Gasteiger partial charge in [0.25, 0.3) is 0 Å². The molecular weight excluding hydrogens is 176 g/mol. The van der Waals surface area contributed by atoms with Crippen LogP contribution in [0.1, 0.15) is 39.5 Å². The van der Waals surface area contributed by atoms with Gasteiger partial charge in [-0.1, -0.05) is 0 Å². The van der Waals surface area contributed by atoms with Gasteiger partial charge in [-0.2, -0.15) is 0 Å². The maximum absolute atomic E-state index is 11.1. The van der Waals surface area contributed by atoms with E-state index < -0.39 is 16.5 Å². The SMILES string of the molecule is CCCCC[CH2][Ti](=[O])(=[O])[CH2]C. The summed E-state index contributed by atoms with van der Waals surface area (Å²) in [5, 5.41) is 0. The molecular formula is C8H18O2Ti. The summed E-state index contributed by atoms with van der Waals surface area (Å²) in [7, 11) is 0. The first kappa shape index (κ1) is 11.3. The van der Waals surface area contributed by atoms with Crippen LogP contribution in [0.5, 0.6) is 0 Å². The van der Waals surface area contributed by atoms with Gasteiger partial charge in [0, 0.05) is 0 Å². The molecule has 0 aliphatic rings. The molecule has 0 aliphatic carbocycles. The minimum atomic E-state index is -3.69. The first-order chi connectivity index (χ1) is 5.12. The Bertz CT molecular complexity index is 171. The van der Waals surface area contributed by atoms with Gasteiger partial charge < -0.3 is 0 Å². The van der Waals surface area contributed by atoms with E-state index in [0.29, 0.717) is 9.45 Å². The molecule has 0 atom stereocenters. The molecule has 0 aromatic carbocycles. The van der Waals surface area contributed by atoms with Crippen LogP contribution in [0, 0.1) is 0 Å². The van der Waals surface area contributed by atoms with E-state index in [4.69, 9.17) is 0 Å². The summed E-state index contributed by atoms with van der Waals surface area (Å²) in [5.41, 5.74) is 0. The molecule has 0 N–H and O–H groups in total. The molecule has 0 saturated carbocycles. The van der Waals surface area contributed by atoms with Crippen molar-refractivity contribution in [2.24, 2.45) is 0 Å². The predicted octanol–water partition coefficient (Wildman–Crippen LogP) is 3.27. The third-order valence-electron chi connectivity index (χ3n) is 1.95. The molecule has 0 aromatic heterocycles. The molecule has 2 nitrogen and oxygen atoms in total. The molecule has 0 bridgehead atoms. The molecule has 0 fully saturated rings. The Hall–Kier alpha value is 0.314. The van der Waals surface area contributed by atoms with Crippen LogP contribution < -0.4 is 0 Å². The summed E-state index contributed by atoms with van der Waals surface area (Å²) in [4.78, 5) is 0. The van der Waals surface area contributed by atoms with Gasteiger partial charge in [-0.05, 0) is 0 Å². The molecule has 0 amide bonds. The summed E-state index contributed by atoms with van der Waals surface area (Å²) in [6.45, 7) is 3.88. The van der Waals surface area contributed by atoms with Gasteiger partial charge in [-0.15, -0.1) is 0 Å². The second-order valence-corrected chi connectivity index (χ2v) is 7.80. The fourth-order valence-electron chi connectivity index (χ4n) is 0.998. The fraction of sp³-hybridized carbons (Fsp3) is 1.00. The van der Waals surface area contributed by atoms with E-state index in [1.807, 2.05) is 0 Å². The average Bonchev–Trinajstić information content (AvgIpc) is 1.99. The third-order valence-corrected chi connectivity index (χ3v) is 5.37. The normalized spacial score (nSPS) is 10.4. The summed E-state index contributed by atoms with van der Waals surface area (Å²) in [6.07, 6.45) is 4.30. The van der Waals surface area contributed by atoms with E-state index in [1.54, 1.807) is 6.92 Å². The van der Waals surface area contributed by atoms with Gasteiger partial charge in [0.05, 0.1) is 0 Å². The predicted molar refractivity (Wildman–Crippen MR) is 40.8 cm³/mol. The average molecular weight is 194 g/mol. The van der Waals surface area contributed by atoms with Crippen molar-refractivity contribution >= 4 is 0 Å². The molecule has 0 heterocycles. The van der Waals surface area contributed by atoms with E-state index in [1.165, 1.54) is 12.8 Å². The first-order valence-electron chi connectivity index (χ1n) is 4.53. The number of hydrogen-bond acceptors (Lipinski definition) is 2. The van der Waals surface area contributed by atoms with Crippen LogP contribution in [0.3, 0.4) is 0 Å².